The number of hydrogen-bond acceptors (Lipinski definition) is 1. The SMILES string of the molecule is CCCCC(C)NCCCCC(C)C. The zero-order valence-electron chi connectivity index (χ0n) is 10.6. The van der Waals surface area contributed by atoms with Crippen molar-refractivity contribution in [1.82, 2.24) is 5.32 Å². The van der Waals surface area contributed by atoms with Crippen molar-refractivity contribution in [2.75, 3.05) is 6.54 Å². The molecule has 0 aliphatic heterocycles. The lowest BCUT2D eigenvalue weighted by Gasteiger charge is -2.13. The molecule has 0 aliphatic rings. The van der Waals surface area contributed by atoms with Gasteiger partial charge in [0, 0.05) is 6.04 Å². The molecule has 0 aromatic rings. The minimum absolute atomic E-state index is 0.717. The Balaban J connectivity index is 3.10. The van der Waals surface area contributed by atoms with E-state index in [0.29, 0.717) is 6.04 Å². The first-order valence-electron chi connectivity index (χ1n) is 6.40. The Bertz CT molecular complexity index is 110. The van der Waals surface area contributed by atoms with Gasteiger partial charge >= 0.3 is 0 Å². The monoisotopic (exact) mass is 199 g/mol. The standard InChI is InChI=1S/C13H29N/c1-5-6-10-13(4)14-11-8-7-9-12(2)3/h12-14H,5-11H2,1-4H3. The number of nitrogens with one attached hydrogen (secondary N) is 1. The van der Waals surface area contributed by atoms with E-state index >= 15 is 0 Å². The first-order valence-corrected chi connectivity index (χ1v) is 6.40. The largest absolute Gasteiger partial charge is 0.314 e. The fraction of sp³-hybridized carbons (Fsp3) is 1.00. The van der Waals surface area contributed by atoms with Crippen LogP contribution in [-0.4, -0.2) is 12.6 Å². The minimum Gasteiger partial charge on any atom is -0.314 e. The summed E-state index contributed by atoms with van der Waals surface area (Å²) >= 11 is 0. The van der Waals surface area contributed by atoms with Gasteiger partial charge in [-0.25, -0.2) is 0 Å². The van der Waals surface area contributed by atoms with Crippen LogP contribution in [0.1, 0.15) is 66.2 Å². The third kappa shape index (κ3) is 10.0. The molecular weight excluding hydrogens is 170 g/mol. The molecule has 0 fully saturated rings. The Hall–Kier alpha value is -0.0400. The Morgan fingerprint density at radius 3 is 2.21 bits per heavy atom. The van der Waals surface area contributed by atoms with Gasteiger partial charge in [0.1, 0.15) is 0 Å². The fourth-order valence-corrected chi connectivity index (χ4v) is 1.64. The molecule has 0 bridgehead atoms. The number of rotatable bonds is 9. The fourth-order valence-electron chi connectivity index (χ4n) is 1.64. The Morgan fingerprint density at radius 2 is 1.64 bits per heavy atom. The summed E-state index contributed by atoms with van der Waals surface area (Å²) in [6.45, 7) is 10.4. The van der Waals surface area contributed by atoms with Crippen LogP contribution in [0.25, 0.3) is 0 Å². The van der Waals surface area contributed by atoms with Gasteiger partial charge in [0.2, 0.25) is 0 Å². The van der Waals surface area contributed by atoms with Crippen LogP contribution in [0.5, 0.6) is 0 Å². The molecule has 1 N–H and O–H groups in total. The van der Waals surface area contributed by atoms with E-state index in [4.69, 9.17) is 0 Å². The highest BCUT2D eigenvalue weighted by molar-refractivity contribution is 4.60. The van der Waals surface area contributed by atoms with E-state index in [9.17, 15) is 0 Å². The summed E-state index contributed by atoms with van der Waals surface area (Å²) in [5.74, 6) is 0.868. The highest BCUT2D eigenvalue weighted by atomic mass is 14.9. The van der Waals surface area contributed by atoms with E-state index < -0.39 is 0 Å². The lowest BCUT2D eigenvalue weighted by atomic mass is 10.1. The molecule has 0 saturated heterocycles. The molecule has 0 aromatic heterocycles. The van der Waals surface area contributed by atoms with Crippen molar-refractivity contribution in [1.29, 1.82) is 0 Å². The first kappa shape index (κ1) is 14.0. The van der Waals surface area contributed by atoms with E-state index in [1.807, 2.05) is 0 Å². The highest BCUT2D eigenvalue weighted by Crippen LogP contribution is 2.05. The molecule has 86 valence electrons. The molecule has 1 unspecified atom stereocenters. The average Bonchev–Trinajstić information content (AvgIpc) is 2.13. The molecular formula is C13H29N. The maximum absolute atomic E-state index is 3.59. The topological polar surface area (TPSA) is 12.0 Å². The Morgan fingerprint density at radius 1 is 0.929 bits per heavy atom. The van der Waals surface area contributed by atoms with Gasteiger partial charge in [-0.05, 0) is 32.2 Å². The predicted molar refractivity (Wildman–Crippen MR) is 65.7 cm³/mol. The van der Waals surface area contributed by atoms with Crippen molar-refractivity contribution < 1.29 is 0 Å². The maximum Gasteiger partial charge on any atom is 0.00387 e. The second-order valence-corrected chi connectivity index (χ2v) is 4.89. The van der Waals surface area contributed by atoms with E-state index in [0.717, 1.165) is 5.92 Å². The van der Waals surface area contributed by atoms with E-state index in [1.54, 1.807) is 0 Å². The zero-order chi connectivity index (χ0) is 10.8. The van der Waals surface area contributed by atoms with Gasteiger partial charge in [0.25, 0.3) is 0 Å². The summed E-state index contributed by atoms with van der Waals surface area (Å²) in [6.07, 6.45) is 8.12. The first-order chi connectivity index (χ1) is 6.66. The van der Waals surface area contributed by atoms with E-state index in [1.165, 1.54) is 45.1 Å². The quantitative estimate of drug-likeness (QED) is 0.554. The summed E-state index contributed by atoms with van der Waals surface area (Å²) in [4.78, 5) is 0. The summed E-state index contributed by atoms with van der Waals surface area (Å²) in [5, 5.41) is 3.59. The molecule has 1 nitrogen and oxygen atoms in total. The van der Waals surface area contributed by atoms with Crippen LogP contribution in [0.4, 0.5) is 0 Å². The highest BCUT2D eigenvalue weighted by Gasteiger charge is 1.99. The smallest absolute Gasteiger partial charge is 0.00387 e. The molecule has 0 saturated carbocycles. The van der Waals surface area contributed by atoms with Crippen molar-refractivity contribution in [3.05, 3.63) is 0 Å². The van der Waals surface area contributed by atoms with Gasteiger partial charge < -0.3 is 5.32 Å². The van der Waals surface area contributed by atoms with Gasteiger partial charge in [-0.15, -0.1) is 0 Å². The van der Waals surface area contributed by atoms with Gasteiger partial charge in [-0.2, -0.15) is 0 Å². The summed E-state index contributed by atoms with van der Waals surface area (Å²) < 4.78 is 0. The van der Waals surface area contributed by atoms with Gasteiger partial charge in [-0.3, -0.25) is 0 Å². The van der Waals surface area contributed by atoms with Crippen molar-refractivity contribution in [2.24, 2.45) is 5.92 Å². The lowest BCUT2D eigenvalue weighted by molar-refractivity contribution is 0.466. The van der Waals surface area contributed by atoms with Crippen LogP contribution < -0.4 is 5.32 Å². The normalized spacial score (nSPS) is 13.5. The zero-order valence-corrected chi connectivity index (χ0v) is 10.6. The Labute approximate surface area is 90.7 Å². The van der Waals surface area contributed by atoms with Gasteiger partial charge in [-0.1, -0.05) is 46.5 Å². The molecule has 1 heteroatoms. The number of unbranched alkanes of at least 4 members (excludes halogenated alkanes) is 2. The average molecular weight is 199 g/mol. The third-order valence-electron chi connectivity index (χ3n) is 2.69. The molecule has 1 atom stereocenters. The molecule has 0 aliphatic carbocycles. The van der Waals surface area contributed by atoms with Crippen molar-refractivity contribution in [3.63, 3.8) is 0 Å². The molecule has 0 aromatic carbocycles. The van der Waals surface area contributed by atoms with Gasteiger partial charge in [0.05, 0.1) is 0 Å². The van der Waals surface area contributed by atoms with Crippen LogP contribution in [0.2, 0.25) is 0 Å². The second-order valence-electron chi connectivity index (χ2n) is 4.89. The van der Waals surface area contributed by atoms with Crippen LogP contribution in [0.3, 0.4) is 0 Å². The van der Waals surface area contributed by atoms with E-state index in [-0.39, 0.29) is 0 Å². The number of hydrogen-bond donors (Lipinski definition) is 1. The summed E-state index contributed by atoms with van der Waals surface area (Å²) in [6, 6.07) is 0.717. The molecule has 14 heavy (non-hydrogen) atoms. The van der Waals surface area contributed by atoms with E-state index in [2.05, 4.69) is 33.0 Å². The maximum atomic E-state index is 3.59. The third-order valence-corrected chi connectivity index (χ3v) is 2.69. The minimum atomic E-state index is 0.717. The Kier molecular flexibility index (Phi) is 9.49. The van der Waals surface area contributed by atoms with Crippen molar-refractivity contribution in [3.8, 4) is 0 Å². The molecule has 0 spiro atoms. The summed E-state index contributed by atoms with van der Waals surface area (Å²) in [7, 11) is 0. The molecule has 0 amide bonds. The predicted octanol–water partition coefficient (Wildman–Crippen LogP) is 3.98. The van der Waals surface area contributed by atoms with Crippen molar-refractivity contribution >= 4 is 0 Å². The van der Waals surface area contributed by atoms with Crippen LogP contribution in [0.15, 0.2) is 0 Å². The lowest BCUT2D eigenvalue weighted by Crippen LogP contribution is -2.26. The molecule has 0 heterocycles. The van der Waals surface area contributed by atoms with Gasteiger partial charge in [0.15, 0.2) is 0 Å². The van der Waals surface area contributed by atoms with Crippen molar-refractivity contribution in [2.45, 2.75) is 72.3 Å². The molecule has 0 rings (SSSR count). The summed E-state index contributed by atoms with van der Waals surface area (Å²) in [5.41, 5.74) is 0. The molecule has 0 radical (unpaired) electrons. The second kappa shape index (κ2) is 9.51. The van der Waals surface area contributed by atoms with Crippen LogP contribution in [-0.2, 0) is 0 Å². The van der Waals surface area contributed by atoms with Crippen LogP contribution >= 0.6 is 0 Å². The van der Waals surface area contributed by atoms with Crippen LogP contribution in [0, 0.1) is 5.92 Å².